The molecule has 1 aliphatic heterocycles. The maximum Gasteiger partial charge on any atom is 0.295 e. The second-order valence-electron chi connectivity index (χ2n) is 9.52. The molecule has 10 heteroatoms. The van der Waals surface area contributed by atoms with Gasteiger partial charge in [0.05, 0.1) is 16.7 Å². The van der Waals surface area contributed by atoms with Gasteiger partial charge < -0.3 is 20.0 Å². The minimum Gasteiger partial charge on any atom is -0.423 e. The Kier molecular flexibility index (Phi) is 7.13. The molecular formula is C26H29F2N5O3. The van der Waals surface area contributed by atoms with Crippen LogP contribution in [0.4, 0.5) is 26.2 Å². The molecule has 2 aromatic carbocycles. The summed E-state index contributed by atoms with van der Waals surface area (Å²) in [6.45, 7) is 1.75. The van der Waals surface area contributed by atoms with Crippen LogP contribution in [0, 0.1) is 21.7 Å². The fourth-order valence-electron chi connectivity index (χ4n) is 5.25. The number of nitro groups is 1. The summed E-state index contributed by atoms with van der Waals surface area (Å²) in [5, 5.41) is 18.2. The molecule has 0 radical (unpaired) electrons. The molecule has 190 valence electrons. The van der Waals surface area contributed by atoms with Crippen molar-refractivity contribution in [1.82, 2.24) is 10.3 Å². The average molecular weight is 498 g/mol. The number of hydrogen-bond acceptors (Lipinski definition) is 7. The number of oxazole rings is 1. The zero-order valence-corrected chi connectivity index (χ0v) is 19.8. The lowest BCUT2D eigenvalue weighted by Gasteiger charge is -2.40. The first-order chi connectivity index (χ1) is 17.5. The van der Waals surface area contributed by atoms with Crippen molar-refractivity contribution < 1.29 is 18.1 Å². The van der Waals surface area contributed by atoms with Crippen LogP contribution in [-0.4, -0.2) is 41.1 Å². The Morgan fingerprint density at radius 2 is 1.81 bits per heavy atom. The molecule has 36 heavy (non-hydrogen) atoms. The monoisotopic (exact) mass is 497 g/mol. The molecule has 3 aromatic rings. The number of rotatable bonds is 7. The SMILES string of the molecule is O=[N+]([O-])c1ccc(N2CCCC(N[C@@H]3CCCC[C@H]3Nc3ncc(-c4ccc(F)cc4F)o3)C2)cc1. The molecule has 1 aliphatic carbocycles. The lowest BCUT2D eigenvalue weighted by molar-refractivity contribution is -0.384. The Balaban J connectivity index is 1.22. The second kappa shape index (κ2) is 10.6. The van der Waals surface area contributed by atoms with Gasteiger partial charge in [0, 0.05) is 55.1 Å². The van der Waals surface area contributed by atoms with E-state index in [1.165, 1.54) is 18.3 Å². The molecule has 3 atom stereocenters. The molecule has 1 aromatic heterocycles. The predicted octanol–water partition coefficient (Wildman–Crippen LogP) is 5.51. The van der Waals surface area contributed by atoms with Gasteiger partial charge in [-0.25, -0.2) is 13.8 Å². The van der Waals surface area contributed by atoms with E-state index < -0.39 is 11.6 Å². The van der Waals surface area contributed by atoms with E-state index in [0.29, 0.717) is 6.01 Å². The number of hydrogen-bond donors (Lipinski definition) is 2. The van der Waals surface area contributed by atoms with Crippen molar-refractivity contribution in [2.24, 2.45) is 0 Å². The van der Waals surface area contributed by atoms with Crippen LogP contribution in [-0.2, 0) is 0 Å². The fraction of sp³-hybridized carbons (Fsp3) is 0.423. The van der Waals surface area contributed by atoms with E-state index in [-0.39, 0.29) is 40.1 Å². The van der Waals surface area contributed by atoms with Crippen LogP contribution in [0.25, 0.3) is 11.3 Å². The summed E-state index contributed by atoms with van der Waals surface area (Å²) in [7, 11) is 0. The van der Waals surface area contributed by atoms with Crippen LogP contribution < -0.4 is 15.5 Å². The molecule has 0 bridgehead atoms. The van der Waals surface area contributed by atoms with Gasteiger partial charge in [0.2, 0.25) is 0 Å². The van der Waals surface area contributed by atoms with Gasteiger partial charge >= 0.3 is 0 Å². The summed E-state index contributed by atoms with van der Waals surface area (Å²) < 4.78 is 33.2. The third-order valence-electron chi connectivity index (χ3n) is 7.07. The van der Waals surface area contributed by atoms with Crippen LogP contribution in [0.2, 0.25) is 0 Å². The maximum absolute atomic E-state index is 14.1. The number of anilines is 2. The highest BCUT2D eigenvalue weighted by molar-refractivity contribution is 5.58. The predicted molar refractivity (Wildman–Crippen MR) is 133 cm³/mol. The van der Waals surface area contributed by atoms with Crippen LogP contribution in [0.3, 0.4) is 0 Å². The van der Waals surface area contributed by atoms with Crippen molar-refractivity contribution in [3.05, 3.63) is 70.4 Å². The topological polar surface area (TPSA) is 96.5 Å². The molecule has 8 nitrogen and oxygen atoms in total. The Labute approximate surface area is 207 Å². The minimum absolute atomic E-state index is 0.0958. The normalized spacial score (nSPS) is 22.4. The Morgan fingerprint density at radius 3 is 2.56 bits per heavy atom. The standard InChI is InChI=1S/C26H29F2N5O3/c27-17-7-12-21(22(28)14-17)25-15-29-26(36-25)31-24-6-2-1-5-23(24)30-18-4-3-13-32(16-18)19-8-10-20(11-9-19)33(34)35/h7-12,14-15,18,23-24,30H,1-6,13,16H2,(H,29,31)/t18?,23-,24-/m1/s1. The quantitative estimate of drug-likeness (QED) is 0.328. The highest BCUT2D eigenvalue weighted by Gasteiger charge is 2.30. The molecule has 2 fully saturated rings. The summed E-state index contributed by atoms with van der Waals surface area (Å²) in [4.78, 5) is 17.1. The molecule has 1 unspecified atom stereocenters. The van der Waals surface area contributed by atoms with Crippen molar-refractivity contribution in [2.75, 3.05) is 23.3 Å². The first-order valence-electron chi connectivity index (χ1n) is 12.4. The van der Waals surface area contributed by atoms with Gasteiger partial charge in [-0.3, -0.25) is 10.1 Å². The summed E-state index contributed by atoms with van der Waals surface area (Å²) in [5.74, 6) is -1.08. The molecule has 2 heterocycles. The Morgan fingerprint density at radius 1 is 1.03 bits per heavy atom. The van der Waals surface area contributed by atoms with Crippen LogP contribution in [0.15, 0.2) is 53.1 Å². The number of nitro benzene ring substituents is 1. The number of halogens is 2. The second-order valence-corrected chi connectivity index (χ2v) is 9.52. The van der Waals surface area contributed by atoms with Crippen molar-refractivity contribution in [1.29, 1.82) is 0 Å². The summed E-state index contributed by atoms with van der Waals surface area (Å²) in [6, 6.07) is 11.0. The molecule has 5 rings (SSSR count). The zero-order valence-electron chi connectivity index (χ0n) is 19.8. The molecule has 1 saturated carbocycles. The third-order valence-corrected chi connectivity index (χ3v) is 7.07. The molecule has 0 spiro atoms. The van der Waals surface area contributed by atoms with Gasteiger partial charge in [-0.1, -0.05) is 12.8 Å². The molecular weight excluding hydrogens is 468 g/mol. The number of non-ortho nitro benzene ring substituents is 1. The summed E-state index contributed by atoms with van der Waals surface area (Å²) in [5.41, 5.74) is 1.26. The molecule has 1 saturated heterocycles. The van der Waals surface area contributed by atoms with E-state index in [1.807, 2.05) is 12.1 Å². The lowest BCUT2D eigenvalue weighted by atomic mass is 9.89. The van der Waals surface area contributed by atoms with Crippen molar-refractivity contribution >= 4 is 17.4 Å². The van der Waals surface area contributed by atoms with Gasteiger partial charge in [-0.15, -0.1) is 0 Å². The fourth-order valence-corrected chi connectivity index (χ4v) is 5.25. The smallest absolute Gasteiger partial charge is 0.295 e. The van der Waals surface area contributed by atoms with Gasteiger partial charge in [0.15, 0.2) is 5.76 Å². The summed E-state index contributed by atoms with van der Waals surface area (Å²) >= 11 is 0. The van der Waals surface area contributed by atoms with Gasteiger partial charge in [-0.05, 0) is 49.9 Å². The maximum atomic E-state index is 14.1. The minimum atomic E-state index is -0.690. The van der Waals surface area contributed by atoms with E-state index in [0.717, 1.165) is 63.4 Å². The first-order valence-corrected chi connectivity index (χ1v) is 12.4. The zero-order chi connectivity index (χ0) is 25.1. The molecule has 0 amide bonds. The van der Waals surface area contributed by atoms with Gasteiger partial charge in [0.25, 0.3) is 11.7 Å². The van der Waals surface area contributed by atoms with Crippen molar-refractivity contribution in [3.63, 3.8) is 0 Å². The first kappa shape index (κ1) is 24.2. The van der Waals surface area contributed by atoms with Crippen LogP contribution >= 0.6 is 0 Å². The highest BCUT2D eigenvalue weighted by Crippen LogP contribution is 2.29. The van der Waals surface area contributed by atoms with E-state index in [9.17, 15) is 18.9 Å². The Bertz CT molecular complexity index is 1200. The molecule has 2 aliphatic rings. The third kappa shape index (κ3) is 5.48. The van der Waals surface area contributed by atoms with Crippen LogP contribution in [0.1, 0.15) is 38.5 Å². The van der Waals surface area contributed by atoms with Crippen molar-refractivity contribution in [2.45, 2.75) is 56.7 Å². The highest BCUT2D eigenvalue weighted by atomic mass is 19.1. The van der Waals surface area contributed by atoms with Crippen LogP contribution in [0.5, 0.6) is 0 Å². The lowest BCUT2D eigenvalue weighted by Crippen LogP contribution is -2.54. The molecule has 2 N–H and O–H groups in total. The van der Waals surface area contributed by atoms with Gasteiger partial charge in [0.1, 0.15) is 11.6 Å². The van der Waals surface area contributed by atoms with E-state index >= 15 is 0 Å². The van der Waals surface area contributed by atoms with E-state index in [1.54, 1.807) is 12.1 Å². The van der Waals surface area contributed by atoms with Crippen molar-refractivity contribution in [3.8, 4) is 11.3 Å². The number of nitrogens with one attached hydrogen (secondary N) is 2. The average Bonchev–Trinajstić information content (AvgIpc) is 3.33. The summed E-state index contributed by atoms with van der Waals surface area (Å²) in [6.07, 6.45) is 7.74. The number of benzene rings is 2. The van der Waals surface area contributed by atoms with Gasteiger partial charge in [-0.2, -0.15) is 0 Å². The number of nitrogens with zero attached hydrogens (tertiary/aromatic N) is 3. The largest absolute Gasteiger partial charge is 0.423 e. The van der Waals surface area contributed by atoms with E-state index in [4.69, 9.17) is 4.42 Å². The number of aromatic nitrogens is 1. The Hall–Kier alpha value is -3.53. The van der Waals surface area contributed by atoms with E-state index in [2.05, 4.69) is 20.5 Å². The number of piperidine rings is 1.